The van der Waals surface area contributed by atoms with Crippen molar-refractivity contribution < 1.29 is 35.4 Å². The first kappa shape index (κ1) is 12.5. The van der Waals surface area contributed by atoms with Gasteiger partial charge >= 0.3 is 21.2 Å². The maximum Gasteiger partial charge on any atom is 0.359 e. The van der Waals surface area contributed by atoms with Gasteiger partial charge < -0.3 is 14.2 Å². The molecule has 3 nitrogen and oxygen atoms in total. The number of rotatable bonds is 0. The number of hydrogen-bond donors (Lipinski definition) is 0. The Bertz CT molecular complexity index is 599. The van der Waals surface area contributed by atoms with E-state index in [2.05, 4.69) is 36.4 Å². The molecule has 2 aliphatic rings. The molecule has 2 aliphatic heterocycles. The highest BCUT2D eigenvalue weighted by atomic mass is 127. The maximum atomic E-state index is 5.74. The van der Waals surface area contributed by atoms with E-state index in [-0.39, 0.29) is 21.2 Å². The molecule has 4 bridgehead atoms. The van der Waals surface area contributed by atoms with Gasteiger partial charge in [0.1, 0.15) is 24.7 Å². The zero-order valence-corrected chi connectivity index (χ0v) is 13.1. The average Bonchev–Trinajstić information content (AvgIpc) is 2.81. The standard InChI is InChI=1S/C16H14IO3/c1-3-13-14-4-2-12-10-16(14)17-15(13)9-11(1)19-7-5-18-6-8-20-12/h1-4,9-10H,5-8H2/q+1. The molecule has 2 aromatic rings. The lowest BCUT2D eigenvalue weighted by molar-refractivity contribution is -0.590. The monoisotopic (exact) mass is 381 g/mol. The minimum absolute atomic E-state index is 0.131. The quantitative estimate of drug-likeness (QED) is 0.496. The molecular formula is C16H14IO3+. The smallest absolute Gasteiger partial charge is 0.359 e. The van der Waals surface area contributed by atoms with E-state index in [1.54, 1.807) is 0 Å². The van der Waals surface area contributed by atoms with E-state index in [1.165, 1.54) is 18.3 Å². The Kier molecular flexibility index (Phi) is 3.28. The van der Waals surface area contributed by atoms with Crippen LogP contribution in [-0.2, 0) is 4.74 Å². The summed E-state index contributed by atoms with van der Waals surface area (Å²) in [4.78, 5) is 0. The van der Waals surface area contributed by atoms with Crippen LogP contribution in [0.2, 0.25) is 0 Å². The molecule has 0 amide bonds. The summed E-state index contributed by atoms with van der Waals surface area (Å²) in [5.74, 6) is 1.90. The molecule has 4 heteroatoms. The summed E-state index contributed by atoms with van der Waals surface area (Å²) in [5.41, 5.74) is 2.72. The van der Waals surface area contributed by atoms with Gasteiger partial charge in [0.25, 0.3) is 0 Å². The summed E-state index contributed by atoms with van der Waals surface area (Å²) in [7, 11) is 0. The number of fused-ring (bicyclic) bond motifs is 3. The van der Waals surface area contributed by atoms with Crippen molar-refractivity contribution in [1.29, 1.82) is 0 Å². The Morgan fingerprint density at radius 3 is 1.80 bits per heavy atom. The SMILES string of the molecule is c1cc2c3cc1OCCOCCOc1ccc-2c(c1)[I+]3. The minimum Gasteiger partial charge on any atom is -0.491 e. The van der Waals surface area contributed by atoms with E-state index in [0.717, 1.165) is 11.5 Å². The second-order valence-electron chi connectivity index (χ2n) is 4.69. The van der Waals surface area contributed by atoms with Gasteiger partial charge in [-0.2, -0.15) is 0 Å². The van der Waals surface area contributed by atoms with Crippen LogP contribution in [0.4, 0.5) is 0 Å². The van der Waals surface area contributed by atoms with Crippen LogP contribution in [0.5, 0.6) is 11.5 Å². The third kappa shape index (κ3) is 2.27. The molecule has 0 unspecified atom stereocenters. The molecule has 102 valence electrons. The molecule has 20 heavy (non-hydrogen) atoms. The topological polar surface area (TPSA) is 27.7 Å². The summed E-state index contributed by atoms with van der Waals surface area (Å²) >= 11 is -0.131. The van der Waals surface area contributed by atoms with Gasteiger partial charge in [0.05, 0.1) is 13.2 Å². The molecule has 0 atom stereocenters. The van der Waals surface area contributed by atoms with Crippen LogP contribution >= 0.6 is 0 Å². The Morgan fingerprint density at radius 1 is 0.700 bits per heavy atom. The Morgan fingerprint density at radius 2 is 1.25 bits per heavy atom. The predicted molar refractivity (Wildman–Crippen MR) is 71.1 cm³/mol. The molecular weight excluding hydrogens is 367 g/mol. The minimum atomic E-state index is -0.131. The van der Waals surface area contributed by atoms with Crippen LogP contribution in [0.1, 0.15) is 0 Å². The Labute approximate surface area is 128 Å². The third-order valence-corrected chi connectivity index (χ3v) is 6.31. The number of halogens is 1. The van der Waals surface area contributed by atoms with E-state index in [4.69, 9.17) is 14.2 Å². The second-order valence-corrected chi connectivity index (χ2v) is 7.55. The first-order valence-electron chi connectivity index (χ1n) is 6.67. The molecule has 2 heterocycles. The molecule has 4 rings (SSSR count). The highest BCUT2D eigenvalue weighted by molar-refractivity contribution is 5.66. The molecule has 0 fully saturated rings. The lowest BCUT2D eigenvalue weighted by Gasteiger charge is -2.08. The fraction of sp³-hybridized carbons (Fsp3) is 0.250. The van der Waals surface area contributed by atoms with Crippen molar-refractivity contribution in [3.05, 3.63) is 43.5 Å². The zero-order chi connectivity index (χ0) is 13.4. The van der Waals surface area contributed by atoms with Crippen molar-refractivity contribution in [1.82, 2.24) is 0 Å². The molecule has 0 aliphatic carbocycles. The molecule has 2 aromatic carbocycles. The molecule has 0 spiro atoms. The summed E-state index contributed by atoms with van der Waals surface area (Å²) in [6.45, 7) is 2.37. The number of hydrogen-bond acceptors (Lipinski definition) is 3. The van der Waals surface area contributed by atoms with Crippen LogP contribution in [0, 0.1) is 7.14 Å². The zero-order valence-electron chi connectivity index (χ0n) is 10.9. The van der Waals surface area contributed by atoms with Gasteiger partial charge in [0.15, 0.2) is 0 Å². The predicted octanol–water partition coefficient (Wildman–Crippen LogP) is -0.417. The lowest BCUT2D eigenvalue weighted by atomic mass is 10.1. The van der Waals surface area contributed by atoms with Crippen LogP contribution in [0.15, 0.2) is 36.4 Å². The number of benzene rings is 2. The first-order chi connectivity index (χ1) is 9.90. The van der Waals surface area contributed by atoms with Gasteiger partial charge in [-0.15, -0.1) is 0 Å². The molecule has 0 aromatic heterocycles. The van der Waals surface area contributed by atoms with Crippen LogP contribution in [0.25, 0.3) is 11.1 Å². The molecule has 0 saturated heterocycles. The van der Waals surface area contributed by atoms with Crippen molar-refractivity contribution in [3.63, 3.8) is 0 Å². The highest BCUT2D eigenvalue weighted by Gasteiger charge is 2.34. The van der Waals surface area contributed by atoms with Gasteiger partial charge in [-0.25, -0.2) is 0 Å². The summed E-state index contributed by atoms with van der Waals surface area (Å²) in [6.07, 6.45) is 0. The van der Waals surface area contributed by atoms with Crippen molar-refractivity contribution >= 4 is 0 Å². The maximum absolute atomic E-state index is 5.74. The fourth-order valence-corrected chi connectivity index (χ4v) is 5.49. The first-order valence-corrected chi connectivity index (χ1v) is 8.82. The fourth-order valence-electron chi connectivity index (χ4n) is 2.41. The van der Waals surface area contributed by atoms with Crippen LogP contribution in [0.3, 0.4) is 0 Å². The normalized spacial score (nSPS) is 16.6. The van der Waals surface area contributed by atoms with Gasteiger partial charge in [-0.3, -0.25) is 0 Å². The van der Waals surface area contributed by atoms with Gasteiger partial charge in [0, 0.05) is 23.3 Å². The number of ether oxygens (including phenoxy) is 3. The summed E-state index contributed by atoms with van der Waals surface area (Å²) < 4.78 is 19.9. The van der Waals surface area contributed by atoms with E-state index < -0.39 is 0 Å². The summed E-state index contributed by atoms with van der Waals surface area (Å²) in [5, 5.41) is 0. The van der Waals surface area contributed by atoms with Crippen molar-refractivity contribution in [2.75, 3.05) is 26.4 Å². The summed E-state index contributed by atoms with van der Waals surface area (Å²) in [6, 6.07) is 12.8. The van der Waals surface area contributed by atoms with E-state index in [1.807, 2.05) is 0 Å². The molecule has 0 N–H and O–H groups in total. The Hall–Kier alpha value is -1.27. The van der Waals surface area contributed by atoms with Crippen molar-refractivity contribution in [2.45, 2.75) is 0 Å². The average molecular weight is 381 g/mol. The van der Waals surface area contributed by atoms with Crippen LogP contribution in [-0.4, -0.2) is 26.4 Å². The van der Waals surface area contributed by atoms with E-state index in [0.29, 0.717) is 26.4 Å². The second kappa shape index (κ2) is 5.26. The van der Waals surface area contributed by atoms with E-state index in [9.17, 15) is 0 Å². The van der Waals surface area contributed by atoms with Gasteiger partial charge in [0.2, 0.25) is 7.14 Å². The largest absolute Gasteiger partial charge is 0.491 e. The molecule has 0 radical (unpaired) electrons. The Balaban J connectivity index is 1.77. The third-order valence-electron chi connectivity index (χ3n) is 3.37. The van der Waals surface area contributed by atoms with E-state index >= 15 is 0 Å². The van der Waals surface area contributed by atoms with Gasteiger partial charge in [-0.1, -0.05) is 0 Å². The van der Waals surface area contributed by atoms with Crippen molar-refractivity contribution in [2.24, 2.45) is 0 Å². The highest BCUT2D eigenvalue weighted by Crippen LogP contribution is 2.27. The molecule has 0 saturated carbocycles. The van der Waals surface area contributed by atoms with Crippen LogP contribution < -0.4 is 30.7 Å². The van der Waals surface area contributed by atoms with Crippen molar-refractivity contribution in [3.8, 4) is 22.6 Å². The van der Waals surface area contributed by atoms with Gasteiger partial charge in [-0.05, 0) is 24.3 Å². The lowest BCUT2D eigenvalue weighted by Crippen LogP contribution is -3.61.